The summed E-state index contributed by atoms with van der Waals surface area (Å²) in [6, 6.07) is 26.7. The van der Waals surface area contributed by atoms with Crippen molar-refractivity contribution >= 4 is 29.0 Å². The molecule has 30 heavy (non-hydrogen) atoms. The van der Waals surface area contributed by atoms with Crippen LogP contribution in [0.15, 0.2) is 100 Å². The fourth-order valence-electron chi connectivity index (χ4n) is 2.63. The minimum atomic E-state index is -0.486. The van der Waals surface area contributed by atoms with Gasteiger partial charge in [-0.15, -0.1) is 0 Å². The van der Waals surface area contributed by atoms with Crippen LogP contribution in [0.5, 0.6) is 5.75 Å². The van der Waals surface area contributed by atoms with Crippen molar-refractivity contribution in [1.82, 2.24) is 0 Å². The Labute approximate surface area is 180 Å². The van der Waals surface area contributed by atoms with Crippen LogP contribution in [0.1, 0.15) is 6.92 Å². The van der Waals surface area contributed by atoms with Gasteiger partial charge in [0, 0.05) is 16.0 Å². The van der Waals surface area contributed by atoms with Gasteiger partial charge >= 0.3 is 0 Å². The molecule has 1 amide bonds. The molecule has 0 fully saturated rings. The van der Waals surface area contributed by atoms with Crippen molar-refractivity contribution in [2.45, 2.75) is 16.7 Å². The summed E-state index contributed by atoms with van der Waals surface area (Å²) in [6.45, 7) is 2.41. The number of amides is 1. The van der Waals surface area contributed by atoms with E-state index in [4.69, 9.17) is 4.74 Å². The van der Waals surface area contributed by atoms with Crippen molar-refractivity contribution in [3.63, 3.8) is 0 Å². The summed E-state index contributed by atoms with van der Waals surface area (Å²) in [5.74, 6) is 0.165. The van der Waals surface area contributed by atoms with E-state index < -0.39 is 5.91 Å². The number of nitriles is 1. The highest BCUT2D eigenvalue weighted by Crippen LogP contribution is 2.33. The number of carbonyl (C=O) groups excluding carboxylic acids is 1. The van der Waals surface area contributed by atoms with Crippen LogP contribution >= 0.6 is 11.8 Å². The van der Waals surface area contributed by atoms with Crippen molar-refractivity contribution in [1.29, 1.82) is 5.26 Å². The molecule has 2 N–H and O–H groups in total. The average Bonchev–Trinajstić information content (AvgIpc) is 2.77. The average molecular weight is 416 g/mol. The highest BCUT2D eigenvalue weighted by atomic mass is 32.2. The summed E-state index contributed by atoms with van der Waals surface area (Å²) >= 11 is 1.54. The quantitative estimate of drug-likeness (QED) is 0.365. The van der Waals surface area contributed by atoms with Crippen LogP contribution < -0.4 is 15.4 Å². The number of carbonyl (C=O) groups is 1. The summed E-state index contributed by atoms with van der Waals surface area (Å²) in [7, 11) is 0. The molecule has 3 aromatic rings. The maximum absolute atomic E-state index is 12.7. The van der Waals surface area contributed by atoms with Crippen molar-refractivity contribution in [2.24, 2.45) is 0 Å². The molecule has 0 heterocycles. The third-order valence-electron chi connectivity index (χ3n) is 4.03. The first-order valence-electron chi connectivity index (χ1n) is 9.43. The number of para-hydroxylation sites is 3. The van der Waals surface area contributed by atoms with Gasteiger partial charge in [-0.25, -0.2) is 0 Å². The lowest BCUT2D eigenvalue weighted by molar-refractivity contribution is -0.112. The molecule has 5 nitrogen and oxygen atoms in total. The summed E-state index contributed by atoms with van der Waals surface area (Å²) in [5.41, 5.74) is 1.29. The number of anilines is 2. The van der Waals surface area contributed by atoms with Gasteiger partial charge in [-0.1, -0.05) is 54.2 Å². The van der Waals surface area contributed by atoms with Gasteiger partial charge in [-0.2, -0.15) is 5.26 Å². The van der Waals surface area contributed by atoms with E-state index in [-0.39, 0.29) is 5.57 Å². The predicted octanol–water partition coefficient (Wildman–Crippen LogP) is 5.69. The highest BCUT2D eigenvalue weighted by molar-refractivity contribution is 7.99. The molecule has 0 aliphatic heterocycles. The Balaban J connectivity index is 1.75. The van der Waals surface area contributed by atoms with E-state index in [0.29, 0.717) is 23.7 Å². The topological polar surface area (TPSA) is 74.1 Å². The van der Waals surface area contributed by atoms with Crippen LogP contribution in [0.2, 0.25) is 0 Å². The third kappa shape index (κ3) is 5.66. The zero-order valence-corrected chi connectivity index (χ0v) is 17.3. The maximum atomic E-state index is 12.7. The van der Waals surface area contributed by atoms with E-state index in [1.54, 1.807) is 11.8 Å². The molecule has 0 bridgehead atoms. The second-order valence-electron chi connectivity index (χ2n) is 6.11. The van der Waals surface area contributed by atoms with Crippen LogP contribution in [-0.2, 0) is 4.79 Å². The monoisotopic (exact) mass is 415 g/mol. The SMILES string of the molecule is CCOc1ccccc1N/C=C(/C#N)C(=O)Nc1ccccc1Sc1ccccc1. The predicted molar refractivity (Wildman–Crippen MR) is 121 cm³/mol. The van der Waals surface area contributed by atoms with E-state index in [2.05, 4.69) is 10.6 Å². The lowest BCUT2D eigenvalue weighted by Crippen LogP contribution is -2.15. The number of ether oxygens (including phenoxy) is 1. The van der Waals surface area contributed by atoms with Gasteiger partial charge < -0.3 is 15.4 Å². The van der Waals surface area contributed by atoms with Gasteiger partial charge in [0.25, 0.3) is 5.91 Å². The molecule has 0 aliphatic rings. The molecule has 0 aliphatic carbocycles. The Bertz CT molecular complexity index is 1080. The molecule has 0 saturated heterocycles. The van der Waals surface area contributed by atoms with Crippen molar-refractivity contribution in [3.05, 3.63) is 90.6 Å². The van der Waals surface area contributed by atoms with Gasteiger partial charge in [0.15, 0.2) is 0 Å². The Morgan fingerprint density at radius 3 is 2.40 bits per heavy atom. The van der Waals surface area contributed by atoms with Gasteiger partial charge in [0.1, 0.15) is 17.4 Å². The second kappa shape index (κ2) is 10.7. The first-order valence-corrected chi connectivity index (χ1v) is 10.2. The van der Waals surface area contributed by atoms with Crippen molar-refractivity contribution in [2.75, 3.05) is 17.2 Å². The molecule has 0 spiro atoms. The molecule has 3 rings (SSSR count). The number of nitrogens with one attached hydrogen (secondary N) is 2. The summed E-state index contributed by atoms with van der Waals surface area (Å²) in [6.07, 6.45) is 1.39. The van der Waals surface area contributed by atoms with Gasteiger partial charge in [0.05, 0.1) is 18.0 Å². The summed E-state index contributed by atoms with van der Waals surface area (Å²) in [5, 5.41) is 15.3. The highest BCUT2D eigenvalue weighted by Gasteiger charge is 2.13. The molecule has 150 valence electrons. The van der Waals surface area contributed by atoms with Crippen molar-refractivity contribution in [3.8, 4) is 11.8 Å². The summed E-state index contributed by atoms with van der Waals surface area (Å²) in [4.78, 5) is 14.7. The Hall–Kier alpha value is -3.69. The molecular formula is C24H21N3O2S. The number of hydrogen-bond donors (Lipinski definition) is 2. The zero-order valence-electron chi connectivity index (χ0n) is 16.5. The van der Waals surface area contributed by atoms with Crippen LogP contribution in [-0.4, -0.2) is 12.5 Å². The third-order valence-corrected chi connectivity index (χ3v) is 5.11. The van der Waals surface area contributed by atoms with Crippen molar-refractivity contribution < 1.29 is 9.53 Å². The van der Waals surface area contributed by atoms with Gasteiger partial charge in [-0.05, 0) is 43.3 Å². The molecule has 0 unspecified atom stereocenters. The molecule has 0 aromatic heterocycles. The molecule has 0 radical (unpaired) electrons. The Morgan fingerprint density at radius 1 is 1.00 bits per heavy atom. The van der Waals surface area contributed by atoms with Crippen LogP contribution in [0.3, 0.4) is 0 Å². The number of nitrogens with zero attached hydrogens (tertiary/aromatic N) is 1. The molecule has 3 aromatic carbocycles. The van der Waals surface area contributed by atoms with Gasteiger partial charge in [-0.3, -0.25) is 4.79 Å². The minimum Gasteiger partial charge on any atom is -0.492 e. The summed E-state index contributed by atoms with van der Waals surface area (Å²) < 4.78 is 5.55. The lowest BCUT2D eigenvalue weighted by atomic mass is 10.2. The normalized spacial score (nSPS) is 10.7. The number of rotatable bonds is 8. The Morgan fingerprint density at radius 2 is 1.67 bits per heavy atom. The van der Waals surface area contributed by atoms with Crippen LogP contribution in [0.25, 0.3) is 0 Å². The maximum Gasteiger partial charge on any atom is 0.267 e. The fraction of sp³-hybridized carbons (Fsp3) is 0.0833. The molecular weight excluding hydrogens is 394 g/mol. The van der Waals surface area contributed by atoms with E-state index in [9.17, 15) is 10.1 Å². The lowest BCUT2D eigenvalue weighted by Gasteiger charge is -2.11. The van der Waals surface area contributed by atoms with Gasteiger partial charge in [0.2, 0.25) is 0 Å². The van der Waals surface area contributed by atoms with Crippen LogP contribution in [0.4, 0.5) is 11.4 Å². The Kier molecular flexibility index (Phi) is 7.53. The zero-order chi connectivity index (χ0) is 21.2. The fourth-order valence-corrected chi connectivity index (χ4v) is 3.55. The first kappa shape index (κ1) is 21.0. The van der Waals surface area contributed by atoms with E-state index in [0.717, 1.165) is 9.79 Å². The largest absolute Gasteiger partial charge is 0.492 e. The second-order valence-corrected chi connectivity index (χ2v) is 7.22. The standard InChI is InChI=1S/C24H21N3O2S/c1-2-29-22-14-8-6-12-20(22)26-17-18(16-25)24(28)27-21-13-7-9-15-23(21)30-19-10-4-3-5-11-19/h3-15,17,26H,2H2,1H3,(H,27,28)/b18-17-. The smallest absolute Gasteiger partial charge is 0.267 e. The number of hydrogen-bond acceptors (Lipinski definition) is 5. The van der Waals surface area contributed by atoms with E-state index in [1.165, 1.54) is 6.20 Å². The molecule has 0 saturated carbocycles. The molecule has 0 atom stereocenters. The van der Waals surface area contributed by atoms with E-state index in [1.807, 2.05) is 91.9 Å². The van der Waals surface area contributed by atoms with E-state index >= 15 is 0 Å². The number of benzene rings is 3. The molecule has 6 heteroatoms. The van der Waals surface area contributed by atoms with Crippen LogP contribution in [0, 0.1) is 11.3 Å². The minimum absolute atomic E-state index is 0.0409. The first-order chi connectivity index (χ1) is 14.7.